The fourth-order valence-corrected chi connectivity index (χ4v) is 5.34. The van der Waals surface area contributed by atoms with Crippen LogP contribution in [0, 0.1) is 13.8 Å². The average molecular weight is 550 g/mol. The van der Waals surface area contributed by atoms with Crippen molar-refractivity contribution in [2.75, 3.05) is 12.3 Å². The third-order valence-corrected chi connectivity index (χ3v) is 7.45. The Bertz CT molecular complexity index is 1580. The molecule has 0 aliphatic carbocycles. The molecular weight excluding hydrogens is 516 g/mol. The molecule has 1 amide bonds. The molecule has 0 saturated heterocycles. The summed E-state index contributed by atoms with van der Waals surface area (Å²) in [5.74, 6) is -0.648. The number of aryl methyl sites for hydroxylation is 3. The number of fused-ring (bicyclic) bond motifs is 2. The molecule has 0 fully saturated rings. The first kappa shape index (κ1) is 28.2. The number of esters is 1. The fourth-order valence-electron chi connectivity index (χ4n) is 4.85. The van der Waals surface area contributed by atoms with Crippen molar-refractivity contribution in [3.05, 3.63) is 82.9 Å². The molecule has 0 radical (unpaired) electrons. The number of pyridine rings is 1. The number of nitrogens with zero attached hydrogens (tertiary/aromatic N) is 1. The molecule has 0 unspecified atom stereocenters. The van der Waals surface area contributed by atoms with Gasteiger partial charge in [0.05, 0.1) is 22.1 Å². The van der Waals surface area contributed by atoms with Crippen molar-refractivity contribution in [2.24, 2.45) is 0 Å². The number of carbonyl (C=O) groups is 2. The van der Waals surface area contributed by atoms with Crippen molar-refractivity contribution in [1.82, 2.24) is 5.32 Å². The zero-order valence-electron chi connectivity index (χ0n) is 22.4. The second kappa shape index (κ2) is 11.9. The summed E-state index contributed by atoms with van der Waals surface area (Å²) in [6.07, 6.45) is 2.09. The monoisotopic (exact) mass is 549 g/mol. The van der Waals surface area contributed by atoms with Gasteiger partial charge in [0.1, 0.15) is 5.75 Å². The van der Waals surface area contributed by atoms with E-state index in [-0.39, 0.29) is 18.1 Å². The van der Waals surface area contributed by atoms with Crippen molar-refractivity contribution in [1.29, 1.82) is 0 Å². The molecule has 0 aliphatic heterocycles. The maximum absolute atomic E-state index is 13.8. The van der Waals surface area contributed by atoms with Gasteiger partial charge < -0.3 is 10.1 Å². The zero-order valence-corrected chi connectivity index (χ0v) is 23.2. The number of para-hydroxylation sites is 2. The highest BCUT2D eigenvalue weighted by molar-refractivity contribution is 7.85. The molecule has 2 N–H and O–H groups in total. The number of nitrogens with one attached hydrogen (secondary N) is 1. The minimum atomic E-state index is -4.09. The van der Waals surface area contributed by atoms with E-state index in [1.807, 2.05) is 66.9 Å². The first-order chi connectivity index (χ1) is 18.6. The van der Waals surface area contributed by atoms with Crippen LogP contribution in [0.2, 0.25) is 0 Å². The Labute approximate surface area is 228 Å². The standard InChI is InChI=1S/C30H32N2O6S/c1-4-5-15-31-29(33)22-18-20(2)28(21(3)19-22)38-30(34)27-23-11-6-8-13-25(23)32(16-10-17-39(35,36)37)26-14-9-7-12-24(26)27/h6-9,11-14,18-19H,4-5,10,15-17H2,1-3H3,(H-,31,33,35,36,37)/p+1. The Kier molecular flexibility index (Phi) is 8.62. The van der Waals surface area contributed by atoms with E-state index >= 15 is 0 Å². The van der Waals surface area contributed by atoms with Crippen LogP contribution in [0.15, 0.2) is 60.7 Å². The maximum Gasteiger partial charge on any atom is 0.345 e. The van der Waals surface area contributed by atoms with Crippen molar-refractivity contribution >= 4 is 43.8 Å². The summed E-state index contributed by atoms with van der Waals surface area (Å²) < 4.78 is 39.7. The van der Waals surface area contributed by atoms with Gasteiger partial charge in [0.2, 0.25) is 11.0 Å². The molecule has 0 saturated carbocycles. The number of amides is 1. The number of benzene rings is 3. The van der Waals surface area contributed by atoms with Crippen LogP contribution in [0.1, 0.15) is 58.0 Å². The Morgan fingerprint density at radius 2 is 1.49 bits per heavy atom. The molecule has 1 aromatic heterocycles. The van der Waals surface area contributed by atoms with Crippen LogP contribution < -0.4 is 14.6 Å². The Hall–Kier alpha value is -3.82. The lowest BCUT2D eigenvalue weighted by atomic mass is 10.0. The summed E-state index contributed by atoms with van der Waals surface area (Å²) in [4.78, 5) is 26.3. The number of rotatable bonds is 10. The molecule has 204 valence electrons. The van der Waals surface area contributed by atoms with Crippen LogP contribution in [-0.4, -0.2) is 37.1 Å². The van der Waals surface area contributed by atoms with Crippen molar-refractivity contribution in [3.8, 4) is 5.75 Å². The molecule has 3 aromatic carbocycles. The summed E-state index contributed by atoms with van der Waals surface area (Å²) in [6.45, 7) is 6.61. The minimum absolute atomic E-state index is 0.161. The molecule has 9 heteroatoms. The SMILES string of the molecule is CCCCNC(=O)c1cc(C)c(OC(=O)c2c3ccccc3[n+](CCCS(=O)(=O)O)c3ccccc23)c(C)c1. The lowest BCUT2D eigenvalue weighted by molar-refractivity contribution is -0.645. The van der Waals surface area contributed by atoms with Gasteiger partial charge in [-0.3, -0.25) is 9.35 Å². The highest BCUT2D eigenvalue weighted by atomic mass is 32.2. The lowest BCUT2D eigenvalue weighted by Crippen LogP contribution is -2.37. The van der Waals surface area contributed by atoms with Gasteiger partial charge in [0, 0.05) is 30.7 Å². The number of hydrogen-bond donors (Lipinski definition) is 2. The number of hydrogen-bond acceptors (Lipinski definition) is 5. The third-order valence-electron chi connectivity index (χ3n) is 6.65. The van der Waals surface area contributed by atoms with Crippen molar-refractivity contribution < 1.29 is 31.9 Å². The van der Waals surface area contributed by atoms with Crippen LogP contribution in [-0.2, 0) is 16.7 Å². The minimum Gasteiger partial charge on any atom is -0.422 e. The molecular formula is C30H33N2O6S+. The van der Waals surface area contributed by atoms with Gasteiger partial charge in [-0.1, -0.05) is 37.6 Å². The Morgan fingerprint density at radius 3 is 2.03 bits per heavy atom. The predicted octanol–water partition coefficient (Wildman–Crippen LogP) is 4.92. The molecule has 0 atom stereocenters. The molecule has 4 aromatic rings. The highest BCUT2D eigenvalue weighted by Crippen LogP contribution is 2.30. The van der Waals surface area contributed by atoms with Gasteiger partial charge in [-0.2, -0.15) is 13.0 Å². The summed E-state index contributed by atoms with van der Waals surface area (Å²) in [5.41, 5.74) is 3.74. The first-order valence-electron chi connectivity index (χ1n) is 13.0. The Balaban J connectivity index is 1.74. The van der Waals surface area contributed by atoms with E-state index in [1.54, 1.807) is 12.1 Å². The lowest BCUT2D eigenvalue weighted by Gasteiger charge is -2.15. The van der Waals surface area contributed by atoms with E-state index in [1.165, 1.54) is 0 Å². The van der Waals surface area contributed by atoms with E-state index in [4.69, 9.17) is 4.74 Å². The van der Waals surface area contributed by atoms with Crippen LogP contribution in [0.5, 0.6) is 5.75 Å². The van der Waals surface area contributed by atoms with Gasteiger partial charge in [-0.15, -0.1) is 0 Å². The third kappa shape index (κ3) is 6.43. The number of ether oxygens (including phenoxy) is 1. The molecule has 39 heavy (non-hydrogen) atoms. The van der Waals surface area contributed by atoms with Gasteiger partial charge in [-0.25, -0.2) is 4.79 Å². The molecule has 0 spiro atoms. The van der Waals surface area contributed by atoms with Gasteiger partial charge in [-0.05, 0) is 55.7 Å². The second-order valence-corrected chi connectivity index (χ2v) is 11.2. The first-order valence-corrected chi connectivity index (χ1v) is 14.6. The fraction of sp³-hybridized carbons (Fsp3) is 0.300. The number of unbranched alkanes of at least 4 members (excludes halogenated alkanes) is 1. The van der Waals surface area contributed by atoms with Gasteiger partial charge in [0.25, 0.3) is 16.0 Å². The Morgan fingerprint density at radius 1 is 0.923 bits per heavy atom. The van der Waals surface area contributed by atoms with Gasteiger partial charge in [0.15, 0.2) is 6.54 Å². The molecule has 1 heterocycles. The predicted molar refractivity (Wildman–Crippen MR) is 151 cm³/mol. The van der Waals surface area contributed by atoms with Crippen LogP contribution in [0.25, 0.3) is 21.8 Å². The van der Waals surface area contributed by atoms with E-state index in [9.17, 15) is 22.6 Å². The molecule has 0 aliphatic rings. The molecule has 0 bridgehead atoms. The molecule has 8 nitrogen and oxygen atoms in total. The van der Waals surface area contributed by atoms with Crippen LogP contribution in [0.3, 0.4) is 0 Å². The summed E-state index contributed by atoms with van der Waals surface area (Å²) >= 11 is 0. The van der Waals surface area contributed by atoms with E-state index in [0.29, 0.717) is 51.9 Å². The van der Waals surface area contributed by atoms with E-state index in [0.717, 1.165) is 23.9 Å². The topological polar surface area (TPSA) is 114 Å². The van der Waals surface area contributed by atoms with E-state index in [2.05, 4.69) is 12.2 Å². The van der Waals surface area contributed by atoms with Crippen molar-refractivity contribution in [3.63, 3.8) is 0 Å². The number of carbonyl (C=O) groups excluding carboxylic acids is 2. The normalized spacial score (nSPS) is 11.6. The van der Waals surface area contributed by atoms with Crippen LogP contribution >= 0.6 is 0 Å². The maximum atomic E-state index is 13.8. The average Bonchev–Trinajstić information content (AvgIpc) is 2.89. The summed E-state index contributed by atoms with van der Waals surface area (Å²) in [7, 11) is -4.09. The van der Waals surface area contributed by atoms with Gasteiger partial charge >= 0.3 is 5.97 Å². The largest absolute Gasteiger partial charge is 0.422 e. The molecule has 4 rings (SSSR count). The van der Waals surface area contributed by atoms with Crippen molar-refractivity contribution in [2.45, 2.75) is 46.6 Å². The smallest absolute Gasteiger partial charge is 0.345 e. The van der Waals surface area contributed by atoms with E-state index < -0.39 is 16.1 Å². The zero-order chi connectivity index (χ0) is 28.2. The summed E-state index contributed by atoms with van der Waals surface area (Å²) in [5, 5.41) is 4.24. The second-order valence-electron chi connectivity index (χ2n) is 9.64. The highest BCUT2D eigenvalue weighted by Gasteiger charge is 2.26. The quantitative estimate of drug-likeness (QED) is 0.0725. The van der Waals surface area contributed by atoms with Crippen LogP contribution in [0.4, 0.5) is 0 Å². The number of aromatic nitrogens is 1. The summed E-state index contributed by atoms with van der Waals surface area (Å²) in [6, 6.07) is 18.2.